The first-order chi connectivity index (χ1) is 12.1. The average molecular weight is 388 g/mol. The Hall–Kier alpha value is -2.26. The molecule has 142 valence electrons. The SMILES string of the molecule is Cl.O=C(NCCOc1ccc(F)c(F)c1)c1cn(C2CCNCC2)nn1. The van der Waals surface area contributed by atoms with E-state index in [1.807, 2.05) is 0 Å². The van der Waals surface area contributed by atoms with Gasteiger partial charge in [0.25, 0.3) is 5.91 Å². The van der Waals surface area contributed by atoms with Crippen LogP contribution in [-0.4, -0.2) is 47.1 Å². The van der Waals surface area contributed by atoms with E-state index in [9.17, 15) is 13.6 Å². The highest BCUT2D eigenvalue weighted by Gasteiger charge is 2.18. The van der Waals surface area contributed by atoms with E-state index in [4.69, 9.17) is 4.74 Å². The molecule has 10 heteroatoms. The smallest absolute Gasteiger partial charge is 0.273 e. The molecule has 1 aliphatic heterocycles. The van der Waals surface area contributed by atoms with Gasteiger partial charge >= 0.3 is 0 Å². The predicted octanol–water partition coefficient (Wildman–Crippen LogP) is 1.71. The Kier molecular flexibility index (Phi) is 7.28. The summed E-state index contributed by atoms with van der Waals surface area (Å²) in [7, 11) is 0. The molecule has 1 aromatic heterocycles. The number of rotatable bonds is 6. The lowest BCUT2D eigenvalue weighted by atomic mass is 10.1. The molecule has 26 heavy (non-hydrogen) atoms. The Morgan fingerprint density at radius 2 is 2.08 bits per heavy atom. The number of ether oxygens (including phenoxy) is 1. The van der Waals surface area contributed by atoms with Gasteiger partial charge in [0.15, 0.2) is 17.3 Å². The van der Waals surface area contributed by atoms with Gasteiger partial charge in [-0.05, 0) is 38.1 Å². The number of nitrogens with one attached hydrogen (secondary N) is 2. The summed E-state index contributed by atoms with van der Waals surface area (Å²) in [5.41, 5.74) is 0.242. The Morgan fingerprint density at radius 3 is 2.81 bits per heavy atom. The molecular formula is C16H20ClF2N5O2. The first-order valence-electron chi connectivity index (χ1n) is 8.12. The van der Waals surface area contributed by atoms with Crippen molar-refractivity contribution in [2.45, 2.75) is 18.9 Å². The predicted molar refractivity (Wildman–Crippen MR) is 92.6 cm³/mol. The molecule has 1 aliphatic rings. The molecule has 0 saturated carbocycles. The van der Waals surface area contributed by atoms with Crippen LogP contribution in [0.3, 0.4) is 0 Å². The minimum Gasteiger partial charge on any atom is -0.492 e. The van der Waals surface area contributed by atoms with Crippen LogP contribution in [0.4, 0.5) is 8.78 Å². The van der Waals surface area contributed by atoms with Gasteiger partial charge in [0.05, 0.1) is 18.8 Å². The molecule has 3 rings (SSSR count). The molecule has 1 aromatic carbocycles. The van der Waals surface area contributed by atoms with E-state index in [0.29, 0.717) is 0 Å². The lowest BCUT2D eigenvalue weighted by molar-refractivity contribution is 0.0942. The molecule has 1 amide bonds. The van der Waals surface area contributed by atoms with Crippen molar-refractivity contribution in [1.82, 2.24) is 25.6 Å². The van der Waals surface area contributed by atoms with Crippen LogP contribution in [0.15, 0.2) is 24.4 Å². The van der Waals surface area contributed by atoms with Crippen molar-refractivity contribution in [1.29, 1.82) is 0 Å². The largest absolute Gasteiger partial charge is 0.492 e. The number of piperidine rings is 1. The molecule has 0 aliphatic carbocycles. The van der Waals surface area contributed by atoms with Crippen LogP contribution in [0.1, 0.15) is 29.4 Å². The quantitative estimate of drug-likeness (QED) is 0.737. The number of hydrogen-bond donors (Lipinski definition) is 2. The van der Waals surface area contributed by atoms with E-state index in [0.717, 1.165) is 38.1 Å². The number of nitrogens with zero attached hydrogens (tertiary/aromatic N) is 3. The van der Waals surface area contributed by atoms with Crippen molar-refractivity contribution < 1.29 is 18.3 Å². The Bertz CT molecular complexity index is 737. The second kappa shape index (κ2) is 9.44. The third kappa shape index (κ3) is 5.12. The number of hydrogen-bond acceptors (Lipinski definition) is 5. The van der Waals surface area contributed by atoms with E-state index < -0.39 is 11.6 Å². The number of halogens is 3. The van der Waals surface area contributed by atoms with Crippen LogP contribution in [0, 0.1) is 11.6 Å². The summed E-state index contributed by atoms with van der Waals surface area (Å²) in [6.07, 6.45) is 3.54. The number of benzene rings is 1. The van der Waals surface area contributed by atoms with Gasteiger partial charge in [-0.3, -0.25) is 4.79 Å². The zero-order chi connectivity index (χ0) is 17.6. The summed E-state index contributed by atoms with van der Waals surface area (Å²) in [6.45, 7) is 2.18. The minimum atomic E-state index is -0.976. The summed E-state index contributed by atoms with van der Waals surface area (Å²) < 4.78 is 32.8. The van der Waals surface area contributed by atoms with Gasteiger partial charge in [0, 0.05) is 6.07 Å². The van der Waals surface area contributed by atoms with Crippen molar-refractivity contribution in [3.63, 3.8) is 0 Å². The fourth-order valence-corrected chi connectivity index (χ4v) is 2.62. The zero-order valence-corrected chi connectivity index (χ0v) is 14.8. The lowest BCUT2D eigenvalue weighted by Gasteiger charge is -2.22. The van der Waals surface area contributed by atoms with Gasteiger partial charge in [-0.1, -0.05) is 5.21 Å². The van der Waals surface area contributed by atoms with Crippen molar-refractivity contribution in [3.8, 4) is 5.75 Å². The zero-order valence-electron chi connectivity index (χ0n) is 14.0. The third-order valence-electron chi connectivity index (χ3n) is 3.97. The summed E-state index contributed by atoms with van der Waals surface area (Å²) in [4.78, 5) is 12.0. The van der Waals surface area contributed by atoms with E-state index >= 15 is 0 Å². The second-order valence-corrected chi connectivity index (χ2v) is 5.75. The number of carbonyl (C=O) groups is 1. The molecule has 2 aromatic rings. The maximum Gasteiger partial charge on any atom is 0.273 e. The Morgan fingerprint density at radius 1 is 1.31 bits per heavy atom. The summed E-state index contributed by atoms with van der Waals surface area (Å²) >= 11 is 0. The highest BCUT2D eigenvalue weighted by molar-refractivity contribution is 5.91. The van der Waals surface area contributed by atoms with Crippen molar-refractivity contribution in [3.05, 3.63) is 41.7 Å². The van der Waals surface area contributed by atoms with Crippen LogP contribution in [0.25, 0.3) is 0 Å². The number of aromatic nitrogens is 3. The van der Waals surface area contributed by atoms with Crippen molar-refractivity contribution >= 4 is 18.3 Å². The van der Waals surface area contributed by atoms with Crippen molar-refractivity contribution in [2.24, 2.45) is 0 Å². The van der Waals surface area contributed by atoms with Crippen LogP contribution in [0.2, 0.25) is 0 Å². The Labute approximate surface area is 155 Å². The molecule has 1 saturated heterocycles. The topological polar surface area (TPSA) is 81.1 Å². The highest BCUT2D eigenvalue weighted by Crippen LogP contribution is 2.17. The molecular weight excluding hydrogens is 368 g/mol. The molecule has 7 nitrogen and oxygen atoms in total. The second-order valence-electron chi connectivity index (χ2n) is 5.75. The van der Waals surface area contributed by atoms with Crippen LogP contribution < -0.4 is 15.4 Å². The highest BCUT2D eigenvalue weighted by atomic mass is 35.5. The van der Waals surface area contributed by atoms with Crippen LogP contribution in [-0.2, 0) is 0 Å². The van der Waals surface area contributed by atoms with Gasteiger partial charge in [-0.15, -0.1) is 17.5 Å². The first-order valence-corrected chi connectivity index (χ1v) is 8.12. The van der Waals surface area contributed by atoms with Gasteiger partial charge in [0.2, 0.25) is 0 Å². The van der Waals surface area contributed by atoms with E-state index in [1.165, 1.54) is 6.07 Å². The molecule has 2 heterocycles. The molecule has 1 fully saturated rings. The molecule has 0 unspecified atom stereocenters. The third-order valence-corrected chi connectivity index (χ3v) is 3.97. The van der Waals surface area contributed by atoms with Gasteiger partial charge < -0.3 is 15.4 Å². The average Bonchev–Trinajstić information content (AvgIpc) is 3.12. The van der Waals surface area contributed by atoms with Gasteiger partial charge in [0.1, 0.15) is 12.4 Å². The van der Waals surface area contributed by atoms with Gasteiger partial charge in [-0.25, -0.2) is 13.5 Å². The van der Waals surface area contributed by atoms with Crippen LogP contribution >= 0.6 is 12.4 Å². The van der Waals surface area contributed by atoms with E-state index in [-0.39, 0.29) is 49.0 Å². The maximum absolute atomic E-state index is 13.0. The summed E-state index contributed by atoms with van der Waals surface area (Å²) in [5.74, 6) is -2.06. The maximum atomic E-state index is 13.0. The normalized spacial score (nSPS) is 14.5. The fraction of sp³-hybridized carbons (Fsp3) is 0.438. The monoisotopic (exact) mass is 387 g/mol. The molecule has 0 spiro atoms. The fourth-order valence-electron chi connectivity index (χ4n) is 2.62. The first kappa shape index (κ1) is 20.1. The van der Waals surface area contributed by atoms with Crippen LogP contribution in [0.5, 0.6) is 5.75 Å². The van der Waals surface area contributed by atoms with Crippen molar-refractivity contribution in [2.75, 3.05) is 26.2 Å². The standard InChI is InChI=1S/C16H19F2N5O2.ClH/c17-13-2-1-12(9-14(13)18)25-8-7-20-16(24)15-10-23(22-21-15)11-3-5-19-6-4-11;/h1-2,9-11,19H,3-8H2,(H,20,24);1H. The Balaban J connectivity index is 0.00000243. The molecule has 0 radical (unpaired) electrons. The molecule has 0 bridgehead atoms. The summed E-state index contributed by atoms with van der Waals surface area (Å²) in [6, 6.07) is 3.53. The van der Waals surface area contributed by atoms with E-state index in [2.05, 4.69) is 20.9 Å². The van der Waals surface area contributed by atoms with Gasteiger partial charge in [-0.2, -0.15) is 0 Å². The minimum absolute atomic E-state index is 0. The molecule has 2 N–H and O–H groups in total. The summed E-state index contributed by atoms with van der Waals surface area (Å²) in [5, 5.41) is 13.8. The lowest BCUT2D eigenvalue weighted by Crippen LogP contribution is -2.30. The number of amides is 1. The molecule has 0 atom stereocenters. The number of carbonyl (C=O) groups excluding carboxylic acids is 1. The van der Waals surface area contributed by atoms with E-state index in [1.54, 1.807) is 10.9 Å².